The summed E-state index contributed by atoms with van der Waals surface area (Å²) in [6.07, 6.45) is 3.14. The summed E-state index contributed by atoms with van der Waals surface area (Å²) in [5, 5.41) is 3.11. The van der Waals surface area contributed by atoms with Crippen LogP contribution in [0.15, 0.2) is 12.3 Å². The van der Waals surface area contributed by atoms with Crippen molar-refractivity contribution in [2.24, 2.45) is 0 Å². The van der Waals surface area contributed by atoms with Crippen LogP contribution in [0.3, 0.4) is 0 Å². The molecule has 1 aliphatic heterocycles. The van der Waals surface area contributed by atoms with Gasteiger partial charge in [0, 0.05) is 38.9 Å². The van der Waals surface area contributed by atoms with E-state index in [1.54, 1.807) is 0 Å². The largest absolute Gasteiger partial charge is 0.354 e. The van der Waals surface area contributed by atoms with E-state index >= 15 is 0 Å². The molecule has 0 aromatic carbocycles. The van der Waals surface area contributed by atoms with E-state index in [0.717, 1.165) is 23.5 Å². The number of aromatic nitrogens is 1. The SMILES string of the molecule is CNCc1cnc(N2CCN(S(C)(=O)=O)CC2)c(C)c1. The number of aryl methyl sites for hydroxylation is 1. The van der Waals surface area contributed by atoms with E-state index in [1.165, 1.54) is 10.6 Å². The van der Waals surface area contributed by atoms with Crippen molar-refractivity contribution in [1.29, 1.82) is 0 Å². The maximum absolute atomic E-state index is 11.5. The third kappa shape index (κ3) is 3.47. The van der Waals surface area contributed by atoms with E-state index in [4.69, 9.17) is 0 Å². The van der Waals surface area contributed by atoms with E-state index < -0.39 is 10.0 Å². The van der Waals surface area contributed by atoms with Crippen molar-refractivity contribution in [3.05, 3.63) is 23.4 Å². The van der Waals surface area contributed by atoms with Gasteiger partial charge in [-0.2, -0.15) is 4.31 Å². The van der Waals surface area contributed by atoms with Crippen molar-refractivity contribution in [3.8, 4) is 0 Å². The van der Waals surface area contributed by atoms with Crippen LogP contribution in [0.5, 0.6) is 0 Å². The number of nitrogens with zero attached hydrogens (tertiary/aromatic N) is 3. The highest BCUT2D eigenvalue weighted by Crippen LogP contribution is 2.20. The molecule has 1 N–H and O–H groups in total. The number of hydrogen-bond acceptors (Lipinski definition) is 5. The summed E-state index contributed by atoms with van der Waals surface area (Å²) in [5.74, 6) is 0.956. The van der Waals surface area contributed by atoms with Gasteiger partial charge < -0.3 is 10.2 Å². The van der Waals surface area contributed by atoms with E-state index in [2.05, 4.69) is 21.3 Å². The lowest BCUT2D eigenvalue weighted by atomic mass is 10.2. The lowest BCUT2D eigenvalue weighted by molar-refractivity contribution is 0.386. The van der Waals surface area contributed by atoms with Gasteiger partial charge in [-0.3, -0.25) is 0 Å². The summed E-state index contributed by atoms with van der Waals surface area (Å²) in [4.78, 5) is 6.68. The molecule has 7 heteroatoms. The fraction of sp³-hybridized carbons (Fsp3) is 0.615. The third-order valence-corrected chi connectivity index (χ3v) is 4.80. The van der Waals surface area contributed by atoms with Crippen LogP contribution in [-0.2, 0) is 16.6 Å². The second-order valence-corrected chi connectivity index (χ2v) is 7.15. The molecule has 2 heterocycles. The average molecular weight is 298 g/mol. The summed E-state index contributed by atoms with van der Waals surface area (Å²) in [6.45, 7) is 5.27. The highest BCUT2D eigenvalue weighted by Gasteiger charge is 2.24. The van der Waals surface area contributed by atoms with Gasteiger partial charge in [0.2, 0.25) is 10.0 Å². The minimum absolute atomic E-state index is 0.526. The summed E-state index contributed by atoms with van der Waals surface area (Å²) in [5.41, 5.74) is 2.29. The second kappa shape index (κ2) is 6.07. The minimum Gasteiger partial charge on any atom is -0.354 e. The van der Waals surface area contributed by atoms with Crippen molar-refractivity contribution in [2.75, 3.05) is 44.4 Å². The summed E-state index contributed by atoms with van der Waals surface area (Å²) >= 11 is 0. The fourth-order valence-electron chi connectivity index (χ4n) is 2.49. The molecule has 2 rings (SSSR count). The maximum Gasteiger partial charge on any atom is 0.211 e. The van der Waals surface area contributed by atoms with Gasteiger partial charge in [-0.15, -0.1) is 0 Å². The van der Waals surface area contributed by atoms with Crippen molar-refractivity contribution >= 4 is 15.8 Å². The first-order valence-corrected chi connectivity index (χ1v) is 8.57. The zero-order chi connectivity index (χ0) is 14.8. The van der Waals surface area contributed by atoms with Crippen LogP contribution in [-0.4, -0.2) is 57.2 Å². The Balaban J connectivity index is 2.07. The predicted molar refractivity (Wildman–Crippen MR) is 80.4 cm³/mol. The van der Waals surface area contributed by atoms with Gasteiger partial charge in [0.25, 0.3) is 0 Å². The van der Waals surface area contributed by atoms with Gasteiger partial charge in [0.05, 0.1) is 6.26 Å². The minimum atomic E-state index is -3.08. The molecule has 1 aromatic heterocycles. The Kier molecular flexibility index (Phi) is 4.62. The molecular weight excluding hydrogens is 276 g/mol. The van der Waals surface area contributed by atoms with Crippen molar-refractivity contribution in [2.45, 2.75) is 13.5 Å². The number of pyridine rings is 1. The molecule has 1 aliphatic rings. The van der Waals surface area contributed by atoms with Gasteiger partial charge in [0.1, 0.15) is 5.82 Å². The molecule has 112 valence electrons. The molecule has 0 aliphatic carbocycles. The Morgan fingerprint density at radius 3 is 2.45 bits per heavy atom. The van der Waals surface area contributed by atoms with Crippen LogP contribution in [0.25, 0.3) is 0 Å². The number of rotatable bonds is 4. The zero-order valence-electron chi connectivity index (χ0n) is 12.3. The molecule has 1 aromatic rings. The van der Waals surface area contributed by atoms with E-state index in [9.17, 15) is 8.42 Å². The van der Waals surface area contributed by atoms with Gasteiger partial charge in [-0.05, 0) is 31.2 Å². The number of anilines is 1. The third-order valence-electron chi connectivity index (χ3n) is 3.50. The average Bonchev–Trinajstić information content (AvgIpc) is 2.38. The zero-order valence-corrected chi connectivity index (χ0v) is 13.1. The number of sulfonamides is 1. The first-order chi connectivity index (χ1) is 9.41. The molecule has 0 atom stereocenters. The van der Waals surface area contributed by atoms with Gasteiger partial charge in [0.15, 0.2) is 0 Å². The van der Waals surface area contributed by atoms with Crippen molar-refractivity contribution < 1.29 is 8.42 Å². The predicted octanol–water partition coefficient (Wildman–Crippen LogP) is 0.191. The van der Waals surface area contributed by atoms with Gasteiger partial charge in [-0.1, -0.05) is 0 Å². The number of hydrogen-bond donors (Lipinski definition) is 1. The van der Waals surface area contributed by atoms with E-state index in [0.29, 0.717) is 26.2 Å². The molecule has 0 amide bonds. The van der Waals surface area contributed by atoms with Crippen LogP contribution in [0, 0.1) is 6.92 Å². The lowest BCUT2D eigenvalue weighted by Gasteiger charge is -2.34. The smallest absolute Gasteiger partial charge is 0.211 e. The molecule has 0 saturated carbocycles. The van der Waals surface area contributed by atoms with Gasteiger partial charge >= 0.3 is 0 Å². The molecule has 1 fully saturated rings. The second-order valence-electron chi connectivity index (χ2n) is 5.16. The highest BCUT2D eigenvalue weighted by atomic mass is 32.2. The van der Waals surface area contributed by atoms with Gasteiger partial charge in [-0.25, -0.2) is 13.4 Å². The summed E-state index contributed by atoms with van der Waals surface area (Å²) in [7, 11) is -1.17. The fourth-order valence-corrected chi connectivity index (χ4v) is 3.32. The van der Waals surface area contributed by atoms with Crippen molar-refractivity contribution in [3.63, 3.8) is 0 Å². The molecule has 0 unspecified atom stereocenters. The molecule has 20 heavy (non-hydrogen) atoms. The molecule has 0 spiro atoms. The number of nitrogens with one attached hydrogen (secondary N) is 1. The topological polar surface area (TPSA) is 65.5 Å². The van der Waals surface area contributed by atoms with Crippen LogP contribution in [0.1, 0.15) is 11.1 Å². The van der Waals surface area contributed by atoms with Crippen LogP contribution < -0.4 is 10.2 Å². The molecule has 1 saturated heterocycles. The Morgan fingerprint density at radius 1 is 1.30 bits per heavy atom. The Bertz CT molecular complexity index is 566. The highest BCUT2D eigenvalue weighted by molar-refractivity contribution is 7.88. The van der Waals surface area contributed by atoms with Crippen LogP contribution in [0.2, 0.25) is 0 Å². The Labute approximate surface area is 120 Å². The quantitative estimate of drug-likeness (QED) is 0.860. The lowest BCUT2D eigenvalue weighted by Crippen LogP contribution is -2.48. The monoisotopic (exact) mass is 298 g/mol. The van der Waals surface area contributed by atoms with E-state index in [-0.39, 0.29) is 0 Å². The first kappa shape index (κ1) is 15.2. The van der Waals surface area contributed by atoms with Crippen LogP contribution >= 0.6 is 0 Å². The summed E-state index contributed by atoms with van der Waals surface area (Å²) < 4.78 is 24.5. The van der Waals surface area contributed by atoms with Crippen molar-refractivity contribution in [1.82, 2.24) is 14.6 Å². The molecule has 0 radical (unpaired) electrons. The molecule has 6 nitrogen and oxygen atoms in total. The Hall–Kier alpha value is -1.18. The normalized spacial score (nSPS) is 17.4. The Morgan fingerprint density at radius 2 is 1.95 bits per heavy atom. The molecular formula is C13H22N4O2S. The number of piperazine rings is 1. The molecule has 0 bridgehead atoms. The maximum atomic E-state index is 11.5. The van der Waals surface area contributed by atoms with Crippen LogP contribution in [0.4, 0.5) is 5.82 Å². The first-order valence-electron chi connectivity index (χ1n) is 6.72. The summed E-state index contributed by atoms with van der Waals surface area (Å²) in [6, 6.07) is 2.13. The van der Waals surface area contributed by atoms with E-state index in [1.807, 2.05) is 20.2 Å². The standard InChI is InChI=1S/C13H22N4O2S/c1-11-8-12(9-14-2)10-15-13(11)16-4-6-17(7-5-16)20(3,18)19/h8,10,14H,4-7,9H2,1-3H3.